The van der Waals surface area contributed by atoms with Crippen LogP contribution in [0.15, 0.2) is 47.4 Å². The highest BCUT2D eigenvalue weighted by Crippen LogP contribution is 2.40. The van der Waals surface area contributed by atoms with Gasteiger partial charge < -0.3 is 10.1 Å². The second kappa shape index (κ2) is 7.29. The lowest BCUT2D eigenvalue weighted by molar-refractivity contribution is 0.0952. The Labute approximate surface area is 163 Å². The smallest absolute Gasteiger partial charge is 0.255 e. The fourth-order valence-corrected chi connectivity index (χ4v) is 5.75. The van der Waals surface area contributed by atoms with E-state index in [1.807, 2.05) is 0 Å². The van der Waals surface area contributed by atoms with Gasteiger partial charge in [-0.05, 0) is 68.1 Å². The Kier molecular flexibility index (Phi) is 4.97. The predicted octanol–water partition coefficient (Wildman–Crippen LogP) is 3.73. The van der Waals surface area contributed by atoms with Crippen molar-refractivity contribution in [3.8, 4) is 0 Å². The topological polar surface area (TPSA) is 72.5 Å². The monoisotopic (exact) mass is 403 g/mol. The summed E-state index contributed by atoms with van der Waals surface area (Å²) in [6, 6.07) is 10.3. The molecule has 0 radical (unpaired) electrons. The molecule has 0 saturated carbocycles. The molecule has 4 rings (SSSR count). The second-order valence-electron chi connectivity index (χ2n) is 7.60. The van der Waals surface area contributed by atoms with Gasteiger partial charge in [0.25, 0.3) is 5.91 Å². The third-order valence-corrected chi connectivity index (χ3v) is 7.38. The van der Waals surface area contributed by atoms with E-state index in [1.165, 1.54) is 30.3 Å². The van der Waals surface area contributed by atoms with Crippen molar-refractivity contribution < 1.29 is 22.3 Å². The van der Waals surface area contributed by atoms with Crippen molar-refractivity contribution in [3.63, 3.8) is 0 Å². The van der Waals surface area contributed by atoms with Crippen molar-refractivity contribution in [2.24, 2.45) is 5.92 Å². The first-order valence-electron chi connectivity index (χ1n) is 9.37. The van der Waals surface area contributed by atoms with E-state index in [2.05, 4.69) is 5.32 Å². The molecule has 0 spiro atoms. The van der Waals surface area contributed by atoms with Crippen molar-refractivity contribution in [3.05, 3.63) is 59.4 Å². The third kappa shape index (κ3) is 3.82. The van der Waals surface area contributed by atoms with Crippen LogP contribution in [0.2, 0.25) is 0 Å². The molecular formula is C21H22FNO4S. The van der Waals surface area contributed by atoms with Gasteiger partial charge in [0.2, 0.25) is 0 Å². The van der Waals surface area contributed by atoms with E-state index in [-0.39, 0.29) is 40.2 Å². The number of hydrogen-bond acceptors (Lipinski definition) is 4. The second-order valence-corrected chi connectivity index (χ2v) is 9.63. The molecule has 3 unspecified atom stereocenters. The number of carbonyl (C=O) groups is 1. The van der Waals surface area contributed by atoms with Crippen LogP contribution in [-0.2, 0) is 14.6 Å². The Morgan fingerprint density at radius 2 is 2.04 bits per heavy atom. The summed E-state index contributed by atoms with van der Waals surface area (Å²) < 4.78 is 44.8. The maximum Gasteiger partial charge on any atom is 0.255 e. The zero-order valence-corrected chi connectivity index (χ0v) is 16.3. The molecule has 148 valence electrons. The Hall–Kier alpha value is -2.25. The molecule has 28 heavy (non-hydrogen) atoms. The minimum Gasteiger partial charge on any atom is -0.375 e. The lowest BCUT2D eigenvalue weighted by Gasteiger charge is -2.18. The number of anilines is 1. The number of benzene rings is 2. The van der Waals surface area contributed by atoms with Gasteiger partial charge in [-0.1, -0.05) is 6.07 Å². The molecular weight excluding hydrogens is 381 g/mol. The zero-order valence-electron chi connectivity index (χ0n) is 15.5. The molecule has 1 amide bonds. The van der Waals surface area contributed by atoms with Crippen LogP contribution in [0.5, 0.6) is 0 Å². The van der Waals surface area contributed by atoms with Gasteiger partial charge in [-0.2, -0.15) is 0 Å². The third-order valence-electron chi connectivity index (χ3n) is 5.54. The van der Waals surface area contributed by atoms with Crippen LogP contribution in [0.3, 0.4) is 0 Å². The van der Waals surface area contributed by atoms with E-state index in [0.717, 1.165) is 19.3 Å². The first-order valence-corrected chi connectivity index (χ1v) is 11.0. The van der Waals surface area contributed by atoms with Crippen LogP contribution in [0.25, 0.3) is 0 Å². The van der Waals surface area contributed by atoms with Crippen molar-refractivity contribution in [2.75, 3.05) is 11.1 Å². The zero-order chi connectivity index (χ0) is 19.9. The van der Waals surface area contributed by atoms with E-state index in [0.29, 0.717) is 11.3 Å². The summed E-state index contributed by atoms with van der Waals surface area (Å²) >= 11 is 0. The van der Waals surface area contributed by atoms with Gasteiger partial charge in [-0.3, -0.25) is 4.79 Å². The minimum atomic E-state index is -3.52. The quantitative estimate of drug-likeness (QED) is 0.826. The van der Waals surface area contributed by atoms with Crippen LogP contribution in [0, 0.1) is 18.7 Å². The van der Waals surface area contributed by atoms with Crippen LogP contribution in [-0.4, -0.2) is 32.3 Å². The summed E-state index contributed by atoms with van der Waals surface area (Å²) in [4.78, 5) is 12.7. The Morgan fingerprint density at radius 1 is 1.21 bits per heavy atom. The minimum absolute atomic E-state index is 0.0171. The van der Waals surface area contributed by atoms with Crippen LogP contribution < -0.4 is 5.32 Å². The number of nitrogens with one attached hydrogen (secondary N) is 1. The van der Waals surface area contributed by atoms with Crippen molar-refractivity contribution in [2.45, 2.75) is 43.3 Å². The molecule has 5 nitrogen and oxygen atoms in total. The summed E-state index contributed by atoms with van der Waals surface area (Å²) in [7, 11) is -3.52. The van der Waals surface area contributed by atoms with Gasteiger partial charge in [0.15, 0.2) is 9.84 Å². The number of aryl methyl sites for hydroxylation is 1. The SMILES string of the molecule is Cc1cc(NC(=O)c2cccc(S(=O)(=O)CC3CC4CCC3O4)c2)ccc1F. The first kappa shape index (κ1) is 19.1. The Balaban J connectivity index is 1.50. The molecule has 2 aliphatic heterocycles. The highest BCUT2D eigenvalue weighted by Gasteiger charge is 2.42. The number of ether oxygens (including phenoxy) is 1. The number of rotatable bonds is 5. The van der Waals surface area contributed by atoms with Gasteiger partial charge in [-0.25, -0.2) is 12.8 Å². The lowest BCUT2D eigenvalue weighted by Crippen LogP contribution is -2.25. The largest absolute Gasteiger partial charge is 0.375 e. The van der Waals surface area contributed by atoms with E-state index < -0.39 is 15.7 Å². The molecule has 3 atom stereocenters. The molecule has 2 aromatic carbocycles. The number of sulfone groups is 1. The average molecular weight is 403 g/mol. The molecule has 2 aromatic rings. The highest BCUT2D eigenvalue weighted by molar-refractivity contribution is 7.91. The van der Waals surface area contributed by atoms with Gasteiger partial charge in [-0.15, -0.1) is 0 Å². The van der Waals surface area contributed by atoms with Gasteiger partial charge in [0.05, 0.1) is 22.9 Å². The van der Waals surface area contributed by atoms with Crippen LogP contribution in [0.1, 0.15) is 35.2 Å². The maximum atomic E-state index is 13.4. The van der Waals surface area contributed by atoms with Gasteiger partial charge in [0, 0.05) is 17.2 Å². The van der Waals surface area contributed by atoms with E-state index in [1.54, 1.807) is 19.1 Å². The van der Waals surface area contributed by atoms with Crippen LogP contribution in [0.4, 0.5) is 10.1 Å². The van der Waals surface area contributed by atoms with E-state index in [4.69, 9.17) is 4.74 Å². The number of hydrogen-bond donors (Lipinski definition) is 1. The molecule has 0 aromatic heterocycles. The molecule has 2 heterocycles. The Bertz CT molecular complexity index is 1020. The number of fused-ring (bicyclic) bond motifs is 2. The average Bonchev–Trinajstić information content (AvgIpc) is 3.27. The van der Waals surface area contributed by atoms with E-state index >= 15 is 0 Å². The number of carbonyl (C=O) groups excluding carboxylic acids is 1. The summed E-state index contributed by atoms with van der Waals surface area (Å²) in [5.74, 6) is -0.735. The van der Waals surface area contributed by atoms with Crippen molar-refractivity contribution in [1.29, 1.82) is 0 Å². The molecule has 7 heteroatoms. The summed E-state index contributed by atoms with van der Waals surface area (Å²) in [6.07, 6.45) is 2.95. The van der Waals surface area contributed by atoms with Crippen molar-refractivity contribution >= 4 is 21.4 Å². The number of halogens is 1. The van der Waals surface area contributed by atoms with E-state index in [9.17, 15) is 17.6 Å². The molecule has 2 bridgehead atoms. The van der Waals surface area contributed by atoms with Crippen molar-refractivity contribution in [1.82, 2.24) is 0 Å². The fraction of sp³-hybridized carbons (Fsp3) is 0.381. The normalized spacial score (nSPS) is 23.7. The van der Waals surface area contributed by atoms with Gasteiger partial charge in [0.1, 0.15) is 5.82 Å². The summed E-state index contributed by atoms with van der Waals surface area (Å²) in [6.45, 7) is 1.61. The highest BCUT2D eigenvalue weighted by atomic mass is 32.2. The number of amides is 1. The summed E-state index contributed by atoms with van der Waals surface area (Å²) in [5.41, 5.74) is 1.12. The molecule has 1 N–H and O–H groups in total. The molecule has 2 aliphatic rings. The fourth-order valence-electron chi connectivity index (χ4n) is 4.05. The molecule has 2 saturated heterocycles. The van der Waals surface area contributed by atoms with Gasteiger partial charge >= 0.3 is 0 Å². The Morgan fingerprint density at radius 3 is 2.71 bits per heavy atom. The van der Waals surface area contributed by atoms with Crippen LogP contribution >= 0.6 is 0 Å². The predicted molar refractivity (Wildman–Crippen MR) is 104 cm³/mol. The first-order chi connectivity index (χ1) is 13.3. The lowest BCUT2D eigenvalue weighted by atomic mass is 9.91. The maximum absolute atomic E-state index is 13.4. The molecule has 2 fully saturated rings. The molecule has 0 aliphatic carbocycles. The standard InChI is InChI=1S/C21H22FNO4S/c1-13-9-16(5-7-19(13)22)23-21(24)14-3-2-4-18(11-14)28(25,26)12-15-10-17-6-8-20(15)27-17/h2-5,7,9,11,15,17,20H,6,8,10,12H2,1H3,(H,23,24). The summed E-state index contributed by atoms with van der Waals surface area (Å²) in [5, 5.41) is 2.68.